The highest BCUT2D eigenvalue weighted by Crippen LogP contribution is 2.28. The van der Waals surface area contributed by atoms with Crippen LogP contribution in [-0.4, -0.2) is 17.6 Å². The molecule has 1 N–H and O–H groups in total. The molecule has 1 aliphatic carbocycles. The lowest BCUT2D eigenvalue weighted by Crippen LogP contribution is -3.15. The maximum Gasteiger partial charge on any atom is 0.148 e. The predicted molar refractivity (Wildman–Crippen MR) is 79.1 cm³/mol. The first-order valence-electron chi connectivity index (χ1n) is 7.32. The molecule has 1 unspecified atom stereocenters. The van der Waals surface area contributed by atoms with Crippen molar-refractivity contribution in [1.82, 2.24) is 4.98 Å². The first kappa shape index (κ1) is 14.1. The predicted octanol–water partition coefficient (Wildman–Crippen LogP) is 2.53. The van der Waals surface area contributed by atoms with Crippen LogP contribution in [0, 0.1) is 11.3 Å². The number of quaternary nitrogens is 1. The van der Waals surface area contributed by atoms with Crippen LogP contribution in [0.1, 0.15) is 48.8 Å². The van der Waals surface area contributed by atoms with Crippen molar-refractivity contribution in [2.24, 2.45) is 0 Å². The number of halogens is 2. The summed E-state index contributed by atoms with van der Waals surface area (Å²) in [6.45, 7) is 1.96. The van der Waals surface area contributed by atoms with Crippen LogP contribution in [0.4, 0.5) is 0 Å². The van der Waals surface area contributed by atoms with Gasteiger partial charge >= 0.3 is 0 Å². The van der Waals surface area contributed by atoms with Crippen molar-refractivity contribution in [3.63, 3.8) is 0 Å². The summed E-state index contributed by atoms with van der Waals surface area (Å²) in [5.41, 5.74) is 2.59. The molecule has 106 valence electrons. The molecular weight excluding hydrogens is 293 g/mol. The Kier molecular flexibility index (Phi) is 4.16. The van der Waals surface area contributed by atoms with Crippen LogP contribution in [-0.2, 0) is 13.0 Å². The summed E-state index contributed by atoms with van der Waals surface area (Å²) in [7, 11) is 0. The molecule has 5 heteroatoms. The Hall–Kier alpha value is -0.820. The van der Waals surface area contributed by atoms with Gasteiger partial charge in [0.15, 0.2) is 0 Å². The van der Waals surface area contributed by atoms with Gasteiger partial charge in [0.2, 0.25) is 0 Å². The Labute approximate surface area is 129 Å². The van der Waals surface area contributed by atoms with Crippen molar-refractivity contribution >= 4 is 23.2 Å². The van der Waals surface area contributed by atoms with Crippen LogP contribution in [0.3, 0.4) is 0 Å². The number of nitrogens with one attached hydrogen (secondary N) is 1. The molecule has 1 aliphatic heterocycles. The fourth-order valence-electron chi connectivity index (χ4n) is 3.64. The van der Waals surface area contributed by atoms with Crippen molar-refractivity contribution in [3.8, 4) is 6.07 Å². The Morgan fingerprint density at radius 2 is 1.85 bits per heavy atom. The number of hydrogen-bond donors (Lipinski definition) is 1. The largest absolute Gasteiger partial charge is 0.328 e. The van der Waals surface area contributed by atoms with Gasteiger partial charge in [-0.2, -0.15) is 5.26 Å². The standard InChI is InChI=1S/C15H17Cl2N3/c16-14-12(8-18)11-6-7-20(9-13(11)15(17)19-14)10-4-2-1-3-5-10/h10H,1-7,9H2/p+1. The second-order valence-electron chi connectivity index (χ2n) is 5.81. The fraction of sp³-hybridized carbons (Fsp3) is 0.600. The highest BCUT2D eigenvalue weighted by atomic mass is 35.5. The molecule has 3 rings (SSSR count). The highest BCUT2D eigenvalue weighted by Gasteiger charge is 2.32. The van der Waals surface area contributed by atoms with Gasteiger partial charge in [-0.1, -0.05) is 29.6 Å². The van der Waals surface area contributed by atoms with Gasteiger partial charge in [0.1, 0.15) is 22.9 Å². The van der Waals surface area contributed by atoms with Crippen molar-refractivity contribution in [3.05, 3.63) is 27.0 Å². The van der Waals surface area contributed by atoms with Gasteiger partial charge in [0, 0.05) is 12.0 Å². The van der Waals surface area contributed by atoms with Crippen LogP contribution in [0.5, 0.6) is 0 Å². The summed E-state index contributed by atoms with van der Waals surface area (Å²) in [5, 5.41) is 9.99. The van der Waals surface area contributed by atoms with E-state index < -0.39 is 0 Å². The van der Waals surface area contributed by atoms with Crippen LogP contribution >= 0.6 is 23.2 Å². The van der Waals surface area contributed by atoms with Gasteiger partial charge in [0.05, 0.1) is 18.2 Å². The lowest BCUT2D eigenvalue weighted by atomic mass is 9.90. The van der Waals surface area contributed by atoms with E-state index in [0.29, 0.717) is 10.7 Å². The minimum Gasteiger partial charge on any atom is -0.328 e. The molecule has 0 spiro atoms. The molecule has 1 atom stereocenters. The van der Waals surface area contributed by atoms with E-state index in [-0.39, 0.29) is 5.15 Å². The molecule has 2 aliphatic rings. The lowest BCUT2D eigenvalue weighted by Gasteiger charge is -2.35. The molecule has 0 saturated heterocycles. The van der Waals surface area contributed by atoms with Crippen LogP contribution in [0.2, 0.25) is 10.3 Å². The molecule has 0 bridgehead atoms. The minimum absolute atomic E-state index is 0.248. The molecular formula is C15H18Cl2N3+. The SMILES string of the molecule is N#Cc1c(Cl)nc(Cl)c2c1CC[NH+](C1CCCCC1)C2. The van der Waals surface area contributed by atoms with Crippen LogP contribution < -0.4 is 4.90 Å². The summed E-state index contributed by atoms with van der Waals surface area (Å²) < 4.78 is 0. The van der Waals surface area contributed by atoms with Crippen molar-refractivity contribution in [2.45, 2.75) is 51.1 Å². The minimum atomic E-state index is 0.248. The maximum absolute atomic E-state index is 9.26. The fourth-order valence-corrected chi connectivity index (χ4v) is 4.19. The smallest absolute Gasteiger partial charge is 0.148 e. The monoisotopic (exact) mass is 310 g/mol. The quantitative estimate of drug-likeness (QED) is 0.810. The molecule has 2 heterocycles. The molecule has 0 radical (unpaired) electrons. The normalized spacial score (nSPS) is 23.1. The zero-order valence-corrected chi connectivity index (χ0v) is 12.9. The summed E-state index contributed by atoms with van der Waals surface area (Å²) in [4.78, 5) is 5.74. The van der Waals surface area contributed by atoms with E-state index in [2.05, 4.69) is 11.1 Å². The molecule has 3 nitrogen and oxygen atoms in total. The van der Waals surface area contributed by atoms with Gasteiger partial charge in [-0.25, -0.2) is 4.98 Å². The summed E-state index contributed by atoms with van der Waals surface area (Å²) in [5.74, 6) is 0. The van der Waals surface area contributed by atoms with Gasteiger partial charge in [-0.15, -0.1) is 0 Å². The molecule has 1 aromatic rings. The van der Waals surface area contributed by atoms with Crippen molar-refractivity contribution in [2.75, 3.05) is 6.54 Å². The second kappa shape index (κ2) is 5.89. The highest BCUT2D eigenvalue weighted by molar-refractivity contribution is 6.33. The van der Waals surface area contributed by atoms with Gasteiger partial charge < -0.3 is 4.90 Å². The number of nitriles is 1. The second-order valence-corrected chi connectivity index (χ2v) is 6.52. The average molecular weight is 311 g/mol. The van der Waals surface area contributed by atoms with Gasteiger partial charge in [-0.3, -0.25) is 0 Å². The third-order valence-electron chi connectivity index (χ3n) is 4.71. The van der Waals surface area contributed by atoms with E-state index in [1.54, 1.807) is 4.90 Å². The number of aromatic nitrogens is 1. The molecule has 20 heavy (non-hydrogen) atoms. The van der Waals surface area contributed by atoms with E-state index in [0.717, 1.165) is 36.7 Å². The number of fused-ring (bicyclic) bond motifs is 1. The van der Waals surface area contributed by atoms with Crippen molar-refractivity contribution < 1.29 is 4.90 Å². The number of hydrogen-bond acceptors (Lipinski definition) is 2. The van der Waals surface area contributed by atoms with Gasteiger partial charge in [0.25, 0.3) is 0 Å². The summed E-state index contributed by atoms with van der Waals surface area (Å²) in [6.07, 6.45) is 7.57. The Morgan fingerprint density at radius 1 is 1.10 bits per heavy atom. The van der Waals surface area contributed by atoms with E-state index in [1.807, 2.05) is 0 Å². The topological polar surface area (TPSA) is 41.1 Å². The zero-order chi connectivity index (χ0) is 14.1. The van der Waals surface area contributed by atoms with Gasteiger partial charge in [-0.05, 0) is 31.2 Å². The first-order valence-corrected chi connectivity index (χ1v) is 8.07. The van der Waals surface area contributed by atoms with Crippen molar-refractivity contribution in [1.29, 1.82) is 5.26 Å². The maximum atomic E-state index is 9.26. The van der Waals surface area contributed by atoms with E-state index in [4.69, 9.17) is 23.2 Å². The number of nitrogens with zero attached hydrogens (tertiary/aromatic N) is 2. The van der Waals surface area contributed by atoms with Crippen LogP contribution in [0.25, 0.3) is 0 Å². The van der Waals surface area contributed by atoms with E-state index in [1.165, 1.54) is 32.1 Å². The average Bonchev–Trinajstić information content (AvgIpc) is 2.48. The molecule has 1 saturated carbocycles. The Bertz CT molecular complexity index is 559. The first-order chi connectivity index (χ1) is 9.70. The molecule has 0 amide bonds. The zero-order valence-electron chi connectivity index (χ0n) is 11.4. The van der Waals surface area contributed by atoms with Crippen LogP contribution in [0.15, 0.2) is 0 Å². The number of rotatable bonds is 1. The van der Waals surface area contributed by atoms with E-state index in [9.17, 15) is 5.26 Å². The third-order valence-corrected chi connectivity index (χ3v) is 5.30. The molecule has 0 aromatic carbocycles. The lowest BCUT2D eigenvalue weighted by molar-refractivity contribution is -0.942. The molecule has 1 aromatic heterocycles. The Balaban J connectivity index is 1.89. The van der Waals surface area contributed by atoms with E-state index >= 15 is 0 Å². The molecule has 1 fully saturated rings. The Morgan fingerprint density at radius 3 is 2.55 bits per heavy atom. The number of pyridine rings is 1. The summed E-state index contributed by atoms with van der Waals surface area (Å²) >= 11 is 12.3. The summed E-state index contributed by atoms with van der Waals surface area (Å²) in [6, 6.07) is 2.93. The third kappa shape index (κ3) is 2.53.